The molecule has 0 saturated heterocycles. The van der Waals surface area contributed by atoms with Gasteiger partial charge < -0.3 is 10.0 Å². The molecule has 0 aliphatic carbocycles. The van der Waals surface area contributed by atoms with Crippen LogP contribution in [-0.4, -0.2) is 50.6 Å². The van der Waals surface area contributed by atoms with E-state index in [0.29, 0.717) is 11.1 Å². The zero-order valence-corrected chi connectivity index (χ0v) is 20.0. The molecule has 0 saturated carbocycles. The van der Waals surface area contributed by atoms with Crippen LogP contribution in [0.25, 0.3) is 0 Å². The van der Waals surface area contributed by atoms with Crippen molar-refractivity contribution in [2.75, 3.05) is 13.6 Å². The summed E-state index contributed by atoms with van der Waals surface area (Å²) in [5.74, 6) is 5.67. The van der Waals surface area contributed by atoms with Crippen LogP contribution < -0.4 is 0 Å². The van der Waals surface area contributed by atoms with Crippen LogP contribution in [0.2, 0.25) is 0 Å². The summed E-state index contributed by atoms with van der Waals surface area (Å²) in [6.45, 7) is 4.02. The quantitative estimate of drug-likeness (QED) is 0.341. The van der Waals surface area contributed by atoms with Crippen molar-refractivity contribution >= 4 is 17.9 Å². The number of benzene rings is 1. The Balaban J connectivity index is 0.00000129. The topological polar surface area (TPSA) is 80.5 Å². The van der Waals surface area contributed by atoms with Crippen molar-refractivity contribution in [2.45, 2.75) is 25.0 Å². The molecular weight excluding hydrogens is 436 g/mol. The number of aryl methyl sites for hydroxylation is 1. The molecule has 3 rings (SSSR count). The van der Waals surface area contributed by atoms with Gasteiger partial charge in [0.25, 0.3) is 5.91 Å². The number of nitrogens with zero attached hydrogens (tertiary/aromatic N) is 4. The van der Waals surface area contributed by atoms with Crippen molar-refractivity contribution in [3.8, 4) is 24.7 Å². The molecule has 0 aliphatic rings. The summed E-state index contributed by atoms with van der Waals surface area (Å²) in [5.41, 5.74) is 1.77. The number of carbonyl (C=O) groups is 1. The predicted octanol–water partition coefficient (Wildman–Crippen LogP) is 3.60. The fourth-order valence-electron chi connectivity index (χ4n) is 2.41. The van der Waals surface area contributed by atoms with Crippen molar-refractivity contribution < 1.29 is 14.1 Å². The largest absolute Gasteiger partial charge is 0.366 e. The molecule has 3 aromatic rings. The SMILES string of the molecule is C#C.CC.CN(CC(O)OSc1ccccc1)C(=O)c1cncc(C#Cc2cnn(C)c2)c1. The number of aliphatic hydroxyl groups excluding tert-OH is 1. The summed E-state index contributed by atoms with van der Waals surface area (Å²) >= 11 is 1.06. The number of pyridine rings is 1. The summed E-state index contributed by atoms with van der Waals surface area (Å²) in [6.07, 6.45) is 13.4. The van der Waals surface area contributed by atoms with Crippen molar-refractivity contribution in [1.29, 1.82) is 0 Å². The van der Waals surface area contributed by atoms with Gasteiger partial charge in [0.1, 0.15) is 0 Å². The Morgan fingerprint density at radius 2 is 1.85 bits per heavy atom. The van der Waals surface area contributed by atoms with Crippen molar-refractivity contribution in [3.63, 3.8) is 0 Å². The van der Waals surface area contributed by atoms with E-state index >= 15 is 0 Å². The molecule has 1 atom stereocenters. The van der Waals surface area contributed by atoms with Crippen molar-refractivity contribution in [1.82, 2.24) is 19.7 Å². The van der Waals surface area contributed by atoms with Crippen LogP contribution >= 0.6 is 12.0 Å². The Labute approximate surface area is 200 Å². The monoisotopic (exact) mass is 464 g/mol. The zero-order chi connectivity index (χ0) is 24.6. The molecule has 0 spiro atoms. The van der Waals surface area contributed by atoms with E-state index in [0.717, 1.165) is 22.5 Å². The van der Waals surface area contributed by atoms with Gasteiger partial charge in [0, 0.05) is 55.2 Å². The molecule has 0 aliphatic heterocycles. The Morgan fingerprint density at radius 3 is 2.48 bits per heavy atom. The molecule has 8 heteroatoms. The molecule has 2 heterocycles. The van der Waals surface area contributed by atoms with Crippen LogP contribution in [-0.2, 0) is 11.2 Å². The maximum atomic E-state index is 12.6. The number of hydrogen-bond donors (Lipinski definition) is 1. The third-order valence-electron chi connectivity index (χ3n) is 3.82. The number of hydrogen-bond acceptors (Lipinski definition) is 6. The summed E-state index contributed by atoms with van der Waals surface area (Å²) in [5, 5.41) is 14.1. The first-order valence-electron chi connectivity index (χ1n) is 10.1. The Hall–Kier alpha value is -3.56. The molecule has 7 nitrogen and oxygen atoms in total. The van der Waals surface area contributed by atoms with Crippen molar-refractivity contribution in [2.24, 2.45) is 7.05 Å². The predicted molar refractivity (Wildman–Crippen MR) is 131 cm³/mol. The number of carbonyl (C=O) groups excluding carboxylic acids is 1. The smallest absolute Gasteiger partial charge is 0.255 e. The molecule has 172 valence electrons. The number of aliphatic hydroxyl groups is 1. The third-order valence-corrected chi connectivity index (χ3v) is 4.60. The number of rotatable bonds is 6. The maximum Gasteiger partial charge on any atom is 0.255 e. The van der Waals surface area contributed by atoms with E-state index in [-0.39, 0.29) is 12.5 Å². The minimum Gasteiger partial charge on any atom is -0.366 e. The highest BCUT2D eigenvalue weighted by atomic mass is 32.2. The fraction of sp³-hybridized carbons (Fsp3) is 0.240. The molecule has 2 aromatic heterocycles. The van der Waals surface area contributed by atoms with E-state index in [2.05, 4.69) is 34.8 Å². The highest BCUT2D eigenvalue weighted by molar-refractivity contribution is 7.94. The van der Waals surface area contributed by atoms with Gasteiger partial charge in [0.2, 0.25) is 0 Å². The van der Waals surface area contributed by atoms with Gasteiger partial charge in [-0.15, -0.1) is 12.8 Å². The van der Waals surface area contributed by atoms with Crippen LogP contribution in [0, 0.1) is 24.7 Å². The van der Waals surface area contributed by atoms with Crippen LogP contribution in [0.4, 0.5) is 0 Å². The van der Waals surface area contributed by atoms with E-state index in [1.807, 2.05) is 51.2 Å². The van der Waals surface area contributed by atoms with Crippen LogP contribution in [0.15, 0.2) is 66.1 Å². The molecular formula is C25H28N4O3S. The van der Waals surface area contributed by atoms with Gasteiger partial charge in [-0.05, 0) is 18.2 Å². The lowest BCUT2D eigenvalue weighted by Gasteiger charge is -2.20. The summed E-state index contributed by atoms with van der Waals surface area (Å²) in [6, 6.07) is 11.1. The molecule has 1 N–H and O–H groups in total. The van der Waals surface area contributed by atoms with Crippen LogP contribution in [0.1, 0.15) is 35.3 Å². The molecule has 1 amide bonds. The minimum absolute atomic E-state index is 0.0181. The molecule has 1 aromatic carbocycles. The third kappa shape index (κ3) is 9.63. The van der Waals surface area contributed by atoms with Gasteiger partial charge in [-0.25, -0.2) is 0 Å². The van der Waals surface area contributed by atoms with Crippen LogP contribution in [0.3, 0.4) is 0 Å². The average Bonchev–Trinajstić information content (AvgIpc) is 3.29. The van der Waals surface area contributed by atoms with E-state index in [9.17, 15) is 9.90 Å². The first-order valence-corrected chi connectivity index (χ1v) is 10.9. The minimum atomic E-state index is -1.13. The highest BCUT2D eigenvalue weighted by Gasteiger charge is 2.17. The first kappa shape index (κ1) is 27.5. The van der Waals surface area contributed by atoms with E-state index in [1.165, 1.54) is 11.1 Å². The average molecular weight is 465 g/mol. The molecule has 33 heavy (non-hydrogen) atoms. The molecule has 0 radical (unpaired) electrons. The summed E-state index contributed by atoms with van der Waals surface area (Å²) in [4.78, 5) is 19.0. The highest BCUT2D eigenvalue weighted by Crippen LogP contribution is 2.20. The van der Waals surface area contributed by atoms with E-state index in [1.54, 1.807) is 36.4 Å². The van der Waals surface area contributed by atoms with Gasteiger partial charge in [0.15, 0.2) is 6.29 Å². The zero-order valence-electron chi connectivity index (χ0n) is 19.2. The fourth-order valence-corrected chi connectivity index (χ4v) is 2.96. The maximum absolute atomic E-state index is 12.6. The second-order valence-electron chi connectivity index (χ2n) is 6.25. The molecule has 1 unspecified atom stereocenters. The number of terminal acetylenes is 1. The van der Waals surface area contributed by atoms with Gasteiger partial charge in [-0.2, -0.15) is 5.10 Å². The number of aromatic nitrogens is 3. The first-order chi connectivity index (χ1) is 16.0. The normalized spacial score (nSPS) is 10.3. The lowest BCUT2D eigenvalue weighted by Crippen LogP contribution is -2.34. The van der Waals surface area contributed by atoms with E-state index < -0.39 is 6.29 Å². The van der Waals surface area contributed by atoms with E-state index in [4.69, 9.17) is 4.18 Å². The Bertz CT molecular complexity index is 1070. The summed E-state index contributed by atoms with van der Waals surface area (Å²) < 4.78 is 7.00. The van der Waals surface area contributed by atoms with Crippen LogP contribution in [0.5, 0.6) is 0 Å². The summed E-state index contributed by atoms with van der Waals surface area (Å²) in [7, 11) is 3.41. The Kier molecular flexibility index (Phi) is 12.7. The molecule has 0 bridgehead atoms. The van der Waals surface area contributed by atoms with Gasteiger partial charge in [-0.1, -0.05) is 43.9 Å². The number of amides is 1. The number of likely N-dealkylation sites (N-methyl/N-ethyl adjacent to an activating group) is 1. The van der Waals surface area contributed by atoms with Crippen molar-refractivity contribution in [3.05, 3.63) is 77.9 Å². The lowest BCUT2D eigenvalue weighted by atomic mass is 10.2. The second-order valence-corrected chi connectivity index (χ2v) is 7.08. The van der Waals surface area contributed by atoms with Gasteiger partial charge in [-0.3, -0.25) is 18.6 Å². The lowest BCUT2D eigenvalue weighted by molar-refractivity contribution is -0.0197. The van der Waals surface area contributed by atoms with Gasteiger partial charge >= 0.3 is 0 Å². The Morgan fingerprint density at radius 1 is 1.18 bits per heavy atom. The van der Waals surface area contributed by atoms with Gasteiger partial charge in [0.05, 0.1) is 23.9 Å². The standard InChI is InChI=1S/C21H20N4O3S.C2H6.C2H2/c1-24(15-20(26)28-29-19-6-4-3-5-7-19)21(27)18-10-16(11-22-13-18)8-9-17-12-23-25(2)14-17;2*1-2/h3-7,10-14,20,26H,15H2,1-2H3;1-2H3;1-2H. The molecule has 0 fully saturated rings. The second kappa shape index (κ2) is 15.3.